The minimum absolute atomic E-state index is 0.222. The van der Waals surface area contributed by atoms with Gasteiger partial charge in [-0.15, -0.1) is 10.2 Å². The number of benzene rings is 1. The molecule has 0 unspecified atom stereocenters. The molecule has 0 bridgehead atoms. The van der Waals surface area contributed by atoms with Gasteiger partial charge in [-0.05, 0) is 30.7 Å². The van der Waals surface area contributed by atoms with E-state index < -0.39 is 0 Å². The predicted octanol–water partition coefficient (Wildman–Crippen LogP) is 3.40. The Morgan fingerprint density at radius 1 is 1.07 bits per heavy atom. The number of pyridine rings is 1. The maximum atomic E-state index is 6.79. The van der Waals surface area contributed by atoms with Gasteiger partial charge in [0, 0.05) is 25.1 Å². The molecule has 0 aliphatic carbocycles. The van der Waals surface area contributed by atoms with Crippen molar-refractivity contribution < 1.29 is 14.2 Å². The fourth-order valence-electron chi connectivity index (χ4n) is 3.18. The number of ether oxygens (including phenoxy) is 3. The molecule has 1 aromatic carbocycles. The molecule has 0 spiro atoms. The monoisotopic (exact) mass is 426 g/mol. The Morgan fingerprint density at radius 3 is 2.50 bits per heavy atom. The van der Waals surface area contributed by atoms with Crippen LogP contribution in [0.25, 0.3) is 28.1 Å². The highest BCUT2D eigenvalue weighted by Gasteiger charge is 2.24. The average Bonchev–Trinajstić information content (AvgIpc) is 3.18. The SMILES string of the molecule is COCc1nnc(-c2cccnc2)n1-c1c(Cl)c(C)cc2nc(OC)c(OC)nc12. The molecule has 3 heterocycles. The smallest absolute Gasteiger partial charge is 0.278 e. The van der Waals surface area contributed by atoms with Crippen LogP contribution in [0.5, 0.6) is 11.8 Å². The first-order valence-electron chi connectivity index (χ1n) is 9.01. The number of methoxy groups -OCH3 is 3. The molecule has 0 aliphatic heterocycles. The number of nitrogens with zero attached hydrogens (tertiary/aromatic N) is 6. The third kappa shape index (κ3) is 3.31. The molecule has 4 aromatic rings. The molecule has 0 radical (unpaired) electrons. The molecule has 10 heteroatoms. The standard InChI is InChI=1S/C20H19ClN6O3/c1-11-8-13-16(24-20(30-4)19(23-13)29-3)17(15(11)21)27-14(10-28-2)25-26-18(27)12-6-5-7-22-9-12/h5-9H,10H2,1-4H3. The van der Waals surface area contributed by atoms with E-state index in [-0.39, 0.29) is 18.4 Å². The summed E-state index contributed by atoms with van der Waals surface area (Å²) in [5.74, 6) is 1.64. The Balaban J connectivity index is 2.11. The normalized spacial score (nSPS) is 11.1. The summed E-state index contributed by atoms with van der Waals surface area (Å²) in [7, 11) is 4.61. The van der Waals surface area contributed by atoms with E-state index in [1.165, 1.54) is 14.2 Å². The van der Waals surface area contributed by atoms with E-state index in [1.807, 2.05) is 29.7 Å². The maximum absolute atomic E-state index is 6.79. The number of aromatic nitrogens is 6. The lowest BCUT2D eigenvalue weighted by Gasteiger charge is -2.16. The summed E-state index contributed by atoms with van der Waals surface area (Å²) in [5.41, 5.74) is 3.28. The summed E-state index contributed by atoms with van der Waals surface area (Å²) >= 11 is 6.79. The van der Waals surface area contributed by atoms with Crippen LogP contribution in [0.4, 0.5) is 0 Å². The highest BCUT2D eigenvalue weighted by Crippen LogP contribution is 2.37. The van der Waals surface area contributed by atoms with Crippen molar-refractivity contribution in [2.24, 2.45) is 0 Å². The first-order valence-corrected chi connectivity index (χ1v) is 9.39. The second-order valence-corrected chi connectivity index (χ2v) is 6.79. The van der Waals surface area contributed by atoms with Crippen molar-refractivity contribution in [1.29, 1.82) is 0 Å². The topological polar surface area (TPSA) is 97.1 Å². The third-order valence-electron chi connectivity index (χ3n) is 4.53. The molecular formula is C20H19ClN6O3. The molecule has 154 valence electrons. The van der Waals surface area contributed by atoms with Crippen molar-refractivity contribution in [3.63, 3.8) is 0 Å². The zero-order chi connectivity index (χ0) is 21.3. The molecule has 0 fully saturated rings. The Hall–Kier alpha value is -3.30. The van der Waals surface area contributed by atoms with E-state index >= 15 is 0 Å². The molecule has 3 aromatic heterocycles. The van der Waals surface area contributed by atoms with Crippen LogP contribution in [0.1, 0.15) is 11.4 Å². The van der Waals surface area contributed by atoms with E-state index in [0.717, 1.165) is 11.1 Å². The molecule has 4 rings (SSSR count). The highest BCUT2D eigenvalue weighted by molar-refractivity contribution is 6.34. The molecule has 0 saturated carbocycles. The largest absolute Gasteiger partial charge is 0.477 e. The predicted molar refractivity (Wildman–Crippen MR) is 111 cm³/mol. The summed E-state index contributed by atoms with van der Waals surface area (Å²) in [5, 5.41) is 9.17. The van der Waals surface area contributed by atoms with E-state index in [0.29, 0.717) is 33.4 Å². The fourth-order valence-corrected chi connectivity index (χ4v) is 3.41. The Morgan fingerprint density at radius 2 is 1.83 bits per heavy atom. The molecular weight excluding hydrogens is 408 g/mol. The number of rotatable bonds is 6. The summed E-state index contributed by atoms with van der Waals surface area (Å²) in [6, 6.07) is 5.57. The first-order chi connectivity index (χ1) is 14.6. The van der Waals surface area contributed by atoms with Gasteiger partial charge in [-0.1, -0.05) is 11.6 Å². The lowest BCUT2D eigenvalue weighted by molar-refractivity contribution is 0.176. The minimum Gasteiger partial charge on any atom is -0.477 e. The van der Waals surface area contributed by atoms with Crippen LogP contribution in [0.3, 0.4) is 0 Å². The number of hydrogen-bond acceptors (Lipinski definition) is 8. The lowest BCUT2D eigenvalue weighted by atomic mass is 10.1. The second kappa shape index (κ2) is 8.21. The molecule has 0 N–H and O–H groups in total. The molecule has 0 aliphatic rings. The van der Waals surface area contributed by atoms with Crippen LogP contribution in [0.15, 0.2) is 30.6 Å². The van der Waals surface area contributed by atoms with Gasteiger partial charge in [-0.25, -0.2) is 9.97 Å². The van der Waals surface area contributed by atoms with Gasteiger partial charge in [0.1, 0.15) is 12.1 Å². The second-order valence-electron chi connectivity index (χ2n) is 6.42. The van der Waals surface area contributed by atoms with E-state index in [1.54, 1.807) is 19.5 Å². The average molecular weight is 427 g/mol. The summed E-state index contributed by atoms with van der Waals surface area (Å²) in [6.45, 7) is 2.12. The molecule has 0 saturated heterocycles. The molecule has 0 atom stereocenters. The van der Waals surface area contributed by atoms with Crippen LogP contribution in [0, 0.1) is 6.92 Å². The summed E-state index contributed by atoms with van der Waals surface area (Å²) < 4.78 is 17.8. The Kier molecular flexibility index (Phi) is 5.47. The number of aryl methyl sites for hydroxylation is 1. The van der Waals surface area contributed by atoms with Gasteiger partial charge in [0.15, 0.2) is 11.6 Å². The van der Waals surface area contributed by atoms with Crippen molar-refractivity contribution in [1.82, 2.24) is 29.7 Å². The van der Waals surface area contributed by atoms with Crippen molar-refractivity contribution in [2.45, 2.75) is 13.5 Å². The van der Waals surface area contributed by atoms with Gasteiger partial charge in [0.25, 0.3) is 11.8 Å². The zero-order valence-electron chi connectivity index (χ0n) is 16.9. The molecule has 30 heavy (non-hydrogen) atoms. The van der Waals surface area contributed by atoms with Crippen LogP contribution in [0.2, 0.25) is 5.02 Å². The molecule has 0 amide bonds. The van der Waals surface area contributed by atoms with Gasteiger partial charge < -0.3 is 14.2 Å². The van der Waals surface area contributed by atoms with Crippen molar-refractivity contribution >= 4 is 22.6 Å². The van der Waals surface area contributed by atoms with Crippen LogP contribution >= 0.6 is 11.6 Å². The maximum Gasteiger partial charge on any atom is 0.278 e. The quantitative estimate of drug-likeness (QED) is 0.462. The summed E-state index contributed by atoms with van der Waals surface area (Å²) in [4.78, 5) is 13.4. The van der Waals surface area contributed by atoms with Crippen molar-refractivity contribution in [2.75, 3.05) is 21.3 Å². The number of fused-ring (bicyclic) bond motifs is 1. The third-order valence-corrected chi connectivity index (χ3v) is 5.00. The van der Waals surface area contributed by atoms with E-state index in [9.17, 15) is 0 Å². The van der Waals surface area contributed by atoms with Crippen molar-refractivity contribution in [3.8, 4) is 28.8 Å². The van der Waals surface area contributed by atoms with Crippen LogP contribution in [-0.2, 0) is 11.3 Å². The fraction of sp³-hybridized carbons (Fsp3) is 0.250. The Bertz CT molecular complexity index is 1210. The molecule has 9 nitrogen and oxygen atoms in total. The Labute approximate surface area is 177 Å². The summed E-state index contributed by atoms with van der Waals surface area (Å²) in [6.07, 6.45) is 3.40. The van der Waals surface area contributed by atoms with Gasteiger partial charge in [0.05, 0.1) is 30.4 Å². The van der Waals surface area contributed by atoms with Crippen LogP contribution < -0.4 is 9.47 Å². The van der Waals surface area contributed by atoms with E-state index in [4.69, 9.17) is 25.8 Å². The van der Waals surface area contributed by atoms with Gasteiger partial charge in [-0.3, -0.25) is 9.55 Å². The number of halogens is 1. The van der Waals surface area contributed by atoms with Gasteiger partial charge in [-0.2, -0.15) is 0 Å². The highest BCUT2D eigenvalue weighted by atomic mass is 35.5. The van der Waals surface area contributed by atoms with Crippen molar-refractivity contribution in [3.05, 3.63) is 47.0 Å². The zero-order valence-corrected chi connectivity index (χ0v) is 17.6. The number of hydrogen-bond donors (Lipinski definition) is 0. The van der Waals surface area contributed by atoms with Gasteiger partial charge >= 0.3 is 0 Å². The lowest BCUT2D eigenvalue weighted by Crippen LogP contribution is -2.08. The minimum atomic E-state index is 0.222. The first kappa shape index (κ1) is 20.0. The van der Waals surface area contributed by atoms with Crippen LogP contribution in [-0.4, -0.2) is 51.0 Å². The van der Waals surface area contributed by atoms with E-state index in [2.05, 4.69) is 25.1 Å². The van der Waals surface area contributed by atoms with Gasteiger partial charge in [0.2, 0.25) is 0 Å².